The fourth-order valence-corrected chi connectivity index (χ4v) is 3.53. The summed E-state index contributed by atoms with van der Waals surface area (Å²) in [6.07, 6.45) is 6.64. The number of aromatic nitrogens is 3. The average molecular weight is 413 g/mol. The number of nitrogens with one attached hydrogen (secondary N) is 2. The molecule has 0 aliphatic carbocycles. The van der Waals surface area contributed by atoms with Crippen LogP contribution in [0.5, 0.6) is 0 Å². The Balaban J connectivity index is 1.32. The summed E-state index contributed by atoms with van der Waals surface area (Å²) in [5.41, 5.74) is 4.54. The van der Waals surface area contributed by atoms with Crippen LogP contribution < -0.4 is 10.6 Å². The summed E-state index contributed by atoms with van der Waals surface area (Å²) in [5, 5.41) is 6.44. The number of benzene rings is 2. The van der Waals surface area contributed by atoms with Crippen LogP contribution in [0.2, 0.25) is 0 Å². The largest absolute Gasteiger partial charge is 0.443 e. The summed E-state index contributed by atoms with van der Waals surface area (Å²) in [5.74, 6) is 1.28. The van der Waals surface area contributed by atoms with Gasteiger partial charge in [-0.2, -0.15) is 0 Å². The molecule has 31 heavy (non-hydrogen) atoms. The van der Waals surface area contributed by atoms with E-state index in [0.717, 1.165) is 27.6 Å². The van der Waals surface area contributed by atoms with Crippen molar-refractivity contribution in [2.45, 2.75) is 6.92 Å². The van der Waals surface area contributed by atoms with E-state index in [2.05, 4.69) is 20.6 Å². The Morgan fingerprint density at radius 2 is 1.97 bits per heavy atom. The van der Waals surface area contributed by atoms with E-state index >= 15 is 0 Å². The van der Waals surface area contributed by atoms with E-state index in [1.54, 1.807) is 12.4 Å². The van der Waals surface area contributed by atoms with Gasteiger partial charge in [-0.25, -0.2) is 14.8 Å². The molecule has 8 heteroatoms. The second-order valence-electron chi connectivity index (χ2n) is 7.23. The number of anilines is 2. The highest BCUT2D eigenvalue weighted by Crippen LogP contribution is 2.31. The standard InChI is InChI=1S/C23H19N5O3/c1-14-4-3-5-15(8-14)20-11-25-23(31-20)27-22(29)26-16-6-7-17-18(21-10-24-13-30-21)12-28(2)19(17)9-16/h3-13H,1-2H3,(H2,25,26,27,29). The van der Waals surface area contributed by atoms with Crippen LogP contribution in [-0.4, -0.2) is 20.6 Å². The van der Waals surface area contributed by atoms with Crippen molar-refractivity contribution >= 4 is 28.6 Å². The van der Waals surface area contributed by atoms with Gasteiger partial charge in [0, 0.05) is 35.4 Å². The molecule has 2 N–H and O–H groups in total. The highest BCUT2D eigenvalue weighted by molar-refractivity contribution is 6.02. The van der Waals surface area contributed by atoms with Crippen LogP contribution in [0.1, 0.15) is 5.56 Å². The van der Waals surface area contributed by atoms with Crippen molar-refractivity contribution in [3.8, 4) is 22.6 Å². The third-order valence-electron chi connectivity index (χ3n) is 4.98. The summed E-state index contributed by atoms with van der Waals surface area (Å²) < 4.78 is 13.1. The van der Waals surface area contributed by atoms with E-state index < -0.39 is 6.03 Å². The fraction of sp³-hybridized carbons (Fsp3) is 0.0870. The molecule has 5 rings (SSSR count). The van der Waals surface area contributed by atoms with E-state index in [1.165, 1.54) is 6.39 Å². The molecule has 0 fully saturated rings. The van der Waals surface area contributed by atoms with Crippen LogP contribution in [0.3, 0.4) is 0 Å². The Bertz CT molecular complexity index is 1380. The van der Waals surface area contributed by atoms with Gasteiger partial charge in [0.2, 0.25) is 0 Å². The average Bonchev–Trinajstić information content (AvgIpc) is 3.49. The first-order valence-electron chi connectivity index (χ1n) is 9.65. The van der Waals surface area contributed by atoms with Gasteiger partial charge in [0.1, 0.15) is 0 Å². The van der Waals surface area contributed by atoms with Crippen LogP contribution >= 0.6 is 0 Å². The number of urea groups is 1. The van der Waals surface area contributed by atoms with E-state index in [1.807, 2.05) is 67.2 Å². The second kappa shape index (κ2) is 7.49. The van der Waals surface area contributed by atoms with Gasteiger partial charge < -0.3 is 18.7 Å². The summed E-state index contributed by atoms with van der Waals surface area (Å²) in [4.78, 5) is 20.6. The fourth-order valence-electron chi connectivity index (χ4n) is 3.53. The van der Waals surface area contributed by atoms with Crippen molar-refractivity contribution in [2.75, 3.05) is 10.6 Å². The minimum Gasteiger partial charge on any atom is -0.443 e. The van der Waals surface area contributed by atoms with E-state index in [4.69, 9.17) is 8.83 Å². The van der Waals surface area contributed by atoms with Gasteiger partial charge in [-0.1, -0.05) is 29.8 Å². The third kappa shape index (κ3) is 3.66. The first-order valence-corrected chi connectivity index (χ1v) is 9.65. The van der Waals surface area contributed by atoms with Crippen LogP contribution in [-0.2, 0) is 7.05 Å². The topological polar surface area (TPSA) is 98.1 Å². The summed E-state index contributed by atoms with van der Waals surface area (Å²) >= 11 is 0. The molecule has 0 aliphatic rings. The lowest BCUT2D eigenvalue weighted by Gasteiger charge is -2.06. The number of hydrogen-bond acceptors (Lipinski definition) is 5. The number of nitrogens with zero attached hydrogens (tertiary/aromatic N) is 3. The van der Waals surface area contributed by atoms with Crippen molar-refractivity contribution in [3.63, 3.8) is 0 Å². The van der Waals surface area contributed by atoms with Crippen molar-refractivity contribution in [1.82, 2.24) is 14.5 Å². The number of hydrogen-bond donors (Lipinski definition) is 2. The maximum atomic E-state index is 12.4. The van der Waals surface area contributed by atoms with E-state index in [9.17, 15) is 4.79 Å². The molecule has 8 nitrogen and oxygen atoms in total. The van der Waals surface area contributed by atoms with Gasteiger partial charge in [-0.3, -0.25) is 5.32 Å². The van der Waals surface area contributed by atoms with Crippen molar-refractivity contribution in [2.24, 2.45) is 7.05 Å². The molecule has 0 saturated heterocycles. The zero-order valence-electron chi connectivity index (χ0n) is 16.9. The van der Waals surface area contributed by atoms with Gasteiger partial charge in [0.05, 0.1) is 17.9 Å². The zero-order chi connectivity index (χ0) is 21.4. The van der Waals surface area contributed by atoms with Crippen molar-refractivity contribution in [1.29, 1.82) is 0 Å². The number of oxazole rings is 2. The Morgan fingerprint density at radius 3 is 2.77 bits per heavy atom. The minimum absolute atomic E-state index is 0.126. The molecule has 5 aromatic rings. The van der Waals surface area contributed by atoms with Gasteiger partial charge in [-0.15, -0.1) is 0 Å². The van der Waals surface area contributed by atoms with Crippen LogP contribution in [0.25, 0.3) is 33.6 Å². The second-order valence-corrected chi connectivity index (χ2v) is 7.23. The number of rotatable bonds is 4. The SMILES string of the molecule is Cc1cccc(-c2cnc(NC(=O)Nc3ccc4c(-c5cnco5)cn(C)c4c3)o2)c1. The smallest absolute Gasteiger partial charge is 0.327 e. The highest BCUT2D eigenvalue weighted by atomic mass is 16.4. The summed E-state index contributed by atoms with van der Waals surface area (Å²) in [6, 6.07) is 13.2. The molecule has 2 aromatic carbocycles. The third-order valence-corrected chi connectivity index (χ3v) is 4.98. The molecular formula is C23H19N5O3. The number of amides is 2. The molecule has 3 aromatic heterocycles. The van der Waals surface area contributed by atoms with Gasteiger partial charge >= 0.3 is 12.0 Å². The monoisotopic (exact) mass is 413 g/mol. The molecule has 0 bridgehead atoms. The predicted molar refractivity (Wildman–Crippen MR) is 118 cm³/mol. The normalized spacial score (nSPS) is 11.0. The molecule has 0 saturated carbocycles. The Hall–Kier alpha value is -4.33. The number of aryl methyl sites for hydroxylation is 2. The molecule has 154 valence electrons. The number of fused-ring (bicyclic) bond motifs is 1. The van der Waals surface area contributed by atoms with Gasteiger partial charge in [0.25, 0.3) is 0 Å². The maximum Gasteiger partial charge on any atom is 0.327 e. The Labute approximate surface area is 177 Å². The number of carbonyl (C=O) groups excluding carboxylic acids is 1. The van der Waals surface area contributed by atoms with Crippen molar-refractivity contribution < 1.29 is 13.6 Å². The molecule has 2 amide bonds. The predicted octanol–water partition coefficient (Wildman–Crippen LogP) is 5.44. The molecule has 0 spiro atoms. The molecule has 0 unspecified atom stereocenters. The van der Waals surface area contributed by atoms with Crippen LogP contribution in [0.15, 0.2) is 76.3 Å². The lowest BCUT2D eigenvalue weighted by molar-refractivity contribution is 0.261. The lowest BCUT2D eigenvalue weighted by atomic mass is 10.1. The van der Waals surface area contributed by atoms with Crippen LogP contribution in [0.4, 0.5) is 16.5 Å². The summed E-state index contributed by atoms with van der Waals surface area (Å²) in [7, 11) is 1.94. The minimum atomic E-state index is -0.443. The van der Waals surface area contributed by atoms with Gasteiger partial charge in [-0.05, 0) is 25.1 Å². The quantitative estimate of drug-likeness (QED) is 0.409. The highest BCUT2D eigenvalue weighted by Gasteiger charge is 2.14. The van der Waals surface area contributed by atoms with Gasteiger partial charge in [0.15, 0.2) is 17.9 Å². The molecule has 0 atom stereocenters. The zero-order valence-corrected chi connectivity index (χ0v) is 16.9. The number of carbonyl (C=O) groups is 1. The Kier molecular flexibility index (Phi) is 4.51. The lowest BCUT2D eigenvalue weighted by Crippen LogP contribution is -2.19. The molecular weight excluding hydrogens is 394 g/mol. The van der Waals surface area contributed by atoms with E-state index in [0.29, 0.717) is 17.2 Å². The first kappa shape index (κ1) is 18.7. The molecule has 0 aliphatic heterocycles. The molecule has 3 heterocycles. The maximum absolute atomic E-state index is 12.4. The van der Waals surface area contributed by atoms with E-state index in [-0.39, 0.29) is 6.01 Å². The first-order chi connectivity index (χ1) is 15.1. The van der Waals surface area contributed by atoms with Crippen molar-refractivity contribution in [3.05, 3.63) is 73.0 Å². The van der Waals surface area contributed by atoms with Crippen LogP contribution in [0, 0.1) is 6.92 Å². The Morgan fingerprint density at radius 1 is 1.06 bits per heavy atom. The molecule has 0 radical (unpaired) electrons. The summed E-state index contributed by atoms with van der Waals surface area (Å²) in [6.45, 7) is 2.00.